The van der Waals surface area contributed by atoms with Crippen molar-refractivity contribution in [3.63, 3.8) is 0 Å². The molecule has 9 nitrogen and oxygen atoms in total. The maximum Gasteiger partial charge on any atom is 0.280 e. The molecule has 1 fully saturated rings. The van der Waals surface area contributed by atoms with Crippen LogP contribution in [0, 0.1) is 12.8 Å². The molecule has 2 aromatic carbocycles. The van der Waals surface area contributed by atoms with Gasteiger partial charge in [-0.25, -0.2) is 9.97 Å². The van der Waals surface area contributed by atoms with Crippen LogP contribution in [0.3, 0.4) is 0 Å². The Morgan fingerprint density at radius 3 is 2.62 bits per heavy atom. The lowest BCUT2D eigenvalue weighted by molar-refractivity contribution is -0.136. The van der Waals surface area contributed by atoms with Crippen molar-refractivity contribution in [2.75, 3.05) is 13.1 Å². The Hall–Kier alpha value is -3.79. The molecule has 1 saturated heterocycles. The molecule has 4 aromatic rings. The molecule has 2 N–H and O–H groups in total. The van der Waals surface area contributed by atoms with Gasteiger partial charge in [-0.05, 0) is 43.2 Å². The molecule has 37 heavy (non-hydrogen) atoms. The molecule has 1 aliphatic rings. The predicted octanol–water partition coefficient (Wildman–Crippen LogP) is 3.67. The number of carbonyl (C=O) groups excluding carboxylic acids is 2. The summed E-state index contributed by atoms with van der Waals surface area (Å²) in [5.41, 5.74) is 1.19. The molecule has 192 valence electrons. The van der Waals surface area contributed by atoms with Crippen molar-refractivity contribution >= 4 is 44.4 Å². The number of aromatic nitrogens is 3. The fourth-order valence-electron chi connectivity index (χ4n) is 4.58. The molecule has 2 amide bonds. The minimum Gasteiger partial charge on any atom is -0.490 e. The number of hydrogen-bond donors (Lipinski definition) is 2. The molecule has 1 aliphatic heterocycles. The van der Waals surface area contributed by atoms with E-state index < -0.39 is 17.5 Å². The number of benzene rings is 2. The highest BCUT2D eigenvalue weighted by molar-refractivity contribution is 7.18. The number of likely N-dealkylation sites (tertiary alicyclic amines) is 1. The number of amides is 2. The summed E-state index contributed by atoms with van der Waals surface area (Å²) in [4.78, 5) is 52.0. The van der Waals surface area contributed by atoms with Crippen LogP contribution in [-0.2, 0) is 4.79 Å². The molecule has 0 bridgehead atoms. The number of nitrogens with zero attached hydrogens (tertiary/aromatic N) is 3. The molecule has 0 aliphatic carbocycles. The topological polar surface area (TPSA) is 117 Å². The first-order valence-electron chi connectivity index (χ1n) is 12.4. The number of H-pyrrole nitrogens is 1. The fraction of sp³-hybridized carbons (Fsp3) is 0.370. The van der Waals surface area contributed by atoms with E-state index in [1.54, 1.807) is 40.5 Å². The fourth-order valence-corrected chi connectivity index (χ4v) is 5.44. The SMILES string of the molecule is Cc1nc2ccc(OC3CCN(C(=O)[C@@H](NC(=O)c4nc5ccccc5[nH]c4=O)C(C)C)CC3)cc2s1. The van der Waals surface area contributed by atoms with E-state index in [1.165, 1.54) is 0 Å². The lowest BCUT2D eigenvalue weighted by Gasteiger charge is -2.35. The Morgan fingerprint density at radius 1 is 1.11 bits per heavy atom. The van der Waals surface area contributed by atoms with Crippen molar-refractivity contribution in [2.45, 2.75) is 45.8 Å². The Labute approximate surface area is 217 Å². The molecule has 3 heterocycles. The van der Waals surface area contributed by atoms with Crippen LogP contribution in [0.15, 0.2) is 47.3 Å². The van der Waals surface area contributed by atoms with Crippen molar-refractivity contribution in [3.8, 4) is 5.75 Å². The van der Waals surface area contributed by atoms with Gasteiger partial charge in [-0.15, -0.1) is 11.3 Å². The summed E-state index contributed by atoms with van der Waals surface area (Å²) in [7, 11) is 0. The van der Waals surface area contributed by atoms with Gasteiger partial charge in [-0.3, -0.25) is 14.4 Å². The van der Waals surface area contributed by atoms with E-state index in [4.69, 9.17) is 4.74 Å². The van der Waals surface area contributed by atoms with Crippen molar-refractivity contribution in [1.29, 1.82) is 0 Å². The number of nitrogens with one attached hydrogen (secondary N) is 2. The third-order valence-electron chi connectivity index (χ3n) is 6.56. The van der Waals surface area contributed by atoms with Crippen LogP contribution in [0.1, 0.15) is 42.2 Å². The first kappa shape index (κ1) is 24.9. The maximum absolute atomic E-state index is 13.4. The minimum atomic E-state index is -0.769. The van der Waals surface area contributed by atoms with Crippen LogP contribution in [0.25, 0.3) is 21.3 Å². The Morgan fingerprint density at radius 2 is 1.86 bits per heavy atom. The molecular weight excluding hydrogens is 490 g/mol. The highest BCUT2D eigenvalue weighted by Crippen LogP contribution is 2.28. The van der Waals surface area contributed by atoms with Crippen LogP contribution in [0.2, 0.25) is 0 Å². The van der Waals surface area contributed by atoms with Crippen molar-refractivity contribution in [3.05, 3.63) is 63.5 Å². The minimum absolute atomic E-state index is 0.00275. The maximum atomic E-state index is 13.4. The van der Waals surface area contributed by atoms with E-state index in [2.05, 4.69) is 20.3 Å². The van der Waals surface area contributed by atoms with E-state index >= 15 is 0 Å². The van der Waals surface area contributed by atoms with Crippen LogP contribution >= 0.6 is 11.3 Å². The van der Waals surface area contributed by atoms with Crippen LogP contribution in [0.4, 0.5) is 0 Å². The third kappa shape index (κ3) is 5.34. The van der Waals surface area contributed by atoms with E-state index in [1.807, 2.05) is 39.0 Å². The molecule has 5 rings (SSSR count). The van der Waals surface area contributed by atoms with Crippen LogP contribution in [0.5, 0.6) is 5.75 Å². The second-order valence-electron chi connectivity index (χ2n) is 9.63. The highest BCUT2D eigenvalue weighted by Gasteiger charge is 2.32. The average molecular weight is 520 g/mol. The molecular formula is C27H29N5O4S. The molecule has 1 atom stereocenters. The first-order chi connectivity index (χ1) is 17.8. The summed E-state index contributed by atoms with van der Waals surface area (Å²) < 4.78 is 7.30. The van der Waals surface area contributed by atoms with E-state index in [-0.39, 0.29) is 23.6 Å². The number of aryl methyl sites for hydroxylation is 1. The highest BCUT2D eigenvalue weighted by atomic mass is 32.1. The Balaban J connectivity index is 1.22. The lowest BCUT2D eigenvalue weighted by Crippen LogP contribution is -2.54. The van der Waals surface area contributed by atoms with Crippen LogP contribution < -0.4 is 15.6 Å². The normalized spacial score (nSPS) is 15.3. The summed E-state index contributed by atoms with van der Waals surface area (Å²) in [5, 5.41) is 3.78. The number of hydrogen-bond acceptors (Lipinski definition) is 7. The zero-order valence-corrected chi connectivity index (χ0v) is 21.8. The summed E-state index contributed by atoms with van der Waals surface area (Å²) >= 11 is 1.64. The number of piperidine rings is 1. The average Bonchev–Trinajstić information content (AvgIpc) is 3.26. The van der Waals surface area contributed by atoms with E-state index in [0.717, 1.165) is 21.0 Å². The van der Waals surface area contributed by atoms with Crippen LogP contribution in [-0.4, -0.2) is 56.9 Å². The standard InChI is InChI=1S/C27H29N5O4S/c1-15(2)23(31-26(34)24-25(33)30-20-7-5-4-6-19(20)29-24)27(35)32-12-10-17(11-13-32)36-18-8-9-21-22(14-18)37-16(3)28-21/h4-9,14-15,17,23H,10-13H2,1-3H3,(H,30,33)(H,31,34)/t23-/m0/s1. The Bertz CT molecular complexity index is 1520. The number of aromatic amines is 1. The van der Waals surface area contributed by atoms with Gasteiger partial charge in [0.2, 0.25) is 5.91 Å². The van der Waals surface area contributed by atoms with Gasteiger partial charge in [0.1, 0.15) is 17.9 Å². The first-order valence-corrected chi connectivity index (χ1v) is 13.2. The third-order valence-corrected chi connectivity index (χ3v) is 7.49. The zero-order chi connectivity index (χ0) is 26.1. The summed E-state index contributed by atoms with van der Waals surface area (Å²) in [6.07, 6.45) is 1.38. The van der Waals surface area contributed by atoms with E-state index in [0.29, 0.717) is 37.0 Å². The largest absolute Gasteiger partial charge is 0.490 e. The predicted molar refractivity (Wildman–Crippen MR) is 143 cm³/mol. The molecule has 0 spiro atoms. The van der Waals surface area contributed by atoms with Gasteiger partial charge >= 0.3 is 0 Å². The van der Waals surface area contributed by atoms with Crippen molar-refractivity contribution in [2.24, 2.45) is 5.92 Å². The van der Waals surface area contributed by atoms with E-state index in [9.17, 15) is 14.4 Å². The number of fused-ring (bicyclic) bond motifs is 2. The molecule has 0 radical (unpaired) electrons. The molecule has 0 saturated carbocycles. The number of thiazole rings is 1. The molecule has 0 unspecified atom stereocenters. The summed E-state index contributed by atoms with van der Waals surface area (Å²) in [6.45, 7) is 6.78. The van der Waals surface area contributed by atoms with Crippen molar-refractivity contribution < 1.29 is 14.3 Å². The number of rotatable bonds is 6. The smallest absolute Gasteiger partial charge is 0.280 e. The van der Waals surface area contributed by atoms with Crippen molar-refractivity contribution in [1.82, 2.24) is 25.2 Å². The van der Waals surface area contributed by atoms with Gasteiger partial charge in [0, 0.05) is 25.9 Å². The van der Waals surface area contributed by atoms with Gasteiger partial charge in [0.15, 0.2) is 5.69 Å². The van der Waals surface area contributed by atoms with Gasteiger partial charge in [-0.1, -0.05) is 26.0 Å². The molecule has 10 heteroatoms. The summed E-state index contributed by atoms with van der Waals surface area (Å²) in [6, 6.07) is 12.2. The van der Waals surface area contributed by atoms with Gasteiger partial charge < -0.3 is 19.9 Å². The lowest BCUT2D eigenvalue weighted by atomic mass is 10.00. The summed E-state index contributed by atoms with van der Waals surface area (Å²) in [5.74, 6) is -0.188. The number of ether oxygens (including phenoxy) is 1. The second-order valence-corrected chi connectivity index (χ2v) is 10.9. The van der Waals surface area contributed by atoms with Gasteiger partial charge in [0.05, 0.1) is 26.3 Å². The number of carbonyl (C=O) groups is 2. The van der Waals surface area contributed by atoms with Gasteiger partial charge in [-0.2, -0.15) is 0 Å². The molecule has 2 aromatic heterocycles. The second kappa shape index (κ2) is 10.3. The van der Waals surface area contributed by atoms with Gasteiger partial charge in [0.25, 0.3) is 11.5 Å². The zero-order valence-electron chi connectivity index (χ0n) is 21.0. The monoisotopic (exact) mass is 519 g/mol. The quantitative estimate of drug-likeness (QED) is 0.402. The number of para-hydroxylation sites is 2. The Kier molecular flexibility index (Phi) is 6.92.